The fraction of sp³-hybridized carbons (Fsp3) is 0.0909. The van der Waals surface area contributed by atoms with Crippen LogP contribution in [0.25, 0.3) is 5.69 Å². The fourth-order valence-corrected chi connectivity index (χ4v) is 2.13. The zero-order valence-corrected chi connectivity index (χ0v) is 11.1. The van der Waals surface area contributed by atoms with Gasteiger partial charge < -0.3 is 0 Å². The van der Waals surface area contributed by atoms with Crippen LogP contribution >= 0.6 is 11.3 Å². The second-order valence-corrected chi connectivity index (χ2v) is 4.82. The Morgan fingerprint density at radius 1 is 1.14 bits per heavy atom. The molecule has 0 aliphatic heterocycles. The highest BCUT2D eigenvalue weighted by atomic mass is 32.1. The average Bonchev–Trinajstić information content (AvgIpc) is 3.10. The quantitative estimate of drug-likeness (QED) is 0.805. The van der Waals surface area contributed by atoms with Crippen molar-refractivity contribution in [2.75, 3.05) is 5.32 Å². The van der Waals surface area contributed by atoms with Gasteiger partial charge in [-0.2, -0.15) is 17.9 Å². The first kappa shape index (κ1) is 13.5. The highest BCUT2D eigenvalue weighted by Crippen LogP contribution is 2.29. The number of nitrogens with one attached hydrogen (secondary N) is 1. The molecular formula is C11H7F3N6S. The maximum absolute atomic E-state index is 12.5. The molecule has 1 aromatic carbocycles. The largest absolute Gasteiger partial charge is 0.416 e. The molecule has 0 spiro atoms. The molecule has 0 fully saturated rings. The summed E-state index contributed by atoms with van der Waals surface area (Å²) in [5.41, 5.74) is -0.319. The van der Waals surface area contributed by atoms with Crippen molar-refractivity contribution in [2.24, 2.45) is 0 Å². The van der Waals surface area contributed by atoms with Crippen molar-refractivity contribution in [2.45, 2.75) is 6.18 Å². The monoisotopic (exact) mass is 312 g/mol. The van der Waals surface area contributed by atoms with Gasteiger partial charge in [0.15, 0.2) is 5.13 Å². The molecule has 0 amide bonds. The first-order chi connectivity index (χ1) is 10.0. The van der Waals surface area contributed by atoms with Crippen molar-refractivity contribution >= 4 is 22.4 Å². The Morgan fingerprint density at radius 2 is 1.90 bits per heavy atom. The Balaban J connectivity index is 1.89. The van der Waals surface area contributed by atoms with Crippen LogP contribution in [0.2, 0.25) is 0 Å². The van der Waals surface area contributed by atoms with E-state index >= 15 is 0 Å². The molecule has 2 heterocycles. The molecule has 1 N–H and O–H groups in total. The minimum Gasteiger partial charge on any atom is -0.299 e. The lowest BCUT2D eigenvalue weighted by atomic mass is 10.2. The van der Waals surface area contributed by atoms with E-state index in [9.17, 15) is 13.2 Å². The second-order valence-electron chi connectivity index (χ2n) is 3.92. The van der Waals surface area contributed by atoms with Crippen molar-refractivity contribution in [1.29, 1.82) is 0 Å². The van der Waals surface area contributed by atoms with Crippen LogP contribution in [0, 0.1) is 0 Å². The first-order valence-electron chi connectivity index (χ1n) is 5.66. The number of nitrogens with zero attached hydrogens (tertiary/aromatic N) is 5. The predicted molar refractivity (Wildman–Crippen MR) is 69.6 cm³/mol. The molecule has 3 rings (SSSR count). The number of hydrogen-bond acceptors (Lipinski definition) is 6. The number of benzene rings is 1. The first-order valence-corrected chi connectivity index (χ1v) is 6.54. The van der Waals surface area contributed by atoms with Gasteiger partial charge in [0.05, 0.1) is 11.3 Å². The minimum absolute atomic E-state index is 0.268. The van der Waals surface area contributed by atoms with Crippen LogP contribution in [0.4, 0.5) is 24.3 Å². The highest BCUT2D eigenvalue weighted by Gasteiger charge is 2.30. The van der Waals surface area contributed by atoms with Crippen LogP contribution in [-0.4, -0.2) is 25.2 Å². The Hall–Kier alpha value is -2.49. The van der Waals surface area contributed by atoms with Crippen LogP contribution in [-0.2, 0) is 6.18 Å². The topological polar surface area (TPSA) is 68.5 Å². The zero-order valence-electron chi connectivity index (χ0n) is 10.2. The summed E-state index contributed by atoms with van der Waals surface area (Å²) in [6.45, 7) is 0. The molecule has 0 atom stereocenters. The van der Waals surface area contributed by atoms with Gasteiger partial charge in [0, 0.05) is 11.6 Å². The molecule has 21 heavy (non-hydrogen) atoms. The number of alkyl halides is 3. The Kier molecular flexibility index (Phi) is 3.29. The summed E-state index contributed by atoms with van der Waals surface area (Å²) in [4.78, 5) is 4.02. The molecule has 0 radical (unpaired) electrons. The number of rotatable bonds is 3. The van der Waals surface area contributed by atoms with E-state index in [1.807, 2.05) is 0 Å². The van der Waals surface area contributed by atoms with Crippen molar-refractivity contribution in [1.82, 2.24) is 25.2 Å². The molecule has 0 aliphatic carbocycles. The number of halogens is 3. The maximum Gasteiger partial charge on any atom is 0.416 e. The molecule has 6 nitrogen and oxygen atoms in total. The molecule has 108 valence electrons. The molecular weight excluding hydrogens is 305 g/mol. The number of anilines is 2. The van der Waals surface area contributed by atoms with E-state index in [0.29, 0.717) is 10.8 Å². The van der Waals surface area contributed by atoms with Gasteiger partial charge in [0.25, 0.3) is 5.95 Å². The van der Waals surface area contributed by atoms with Gasteiger partial charge in [-0.3, -0.25) is 5.32 Å². The van der Waals surface area contributed by atoms with E-state index in [1.165, 1.54) is 28.2 Å². The standard InChI is InChI=1S/C11H7F3N6S/c12-11(13,14)7-1-3-8(4-2-7)20-9(17-18-19-20)16-10-15-5-6-21-10/h1-6H,(H,15,16,17,19). The van der Waals surface area contributed by atoms with E-state index in [1.54, 1.807) is 11.6 Å². The third-order valence-corrected chi connectivity index (χ3v) is 3.25. The summed E-state index contributed by atoms with van der Waals surface area (Å²) in [5.74, 6) is 0.268. The summed E-state index contributed by atoms with van der Waals surface area (Å²) < 4.78 is 38.9. The highest BCUT2D eigenvalue weighted by molar-refractivity contribution is 7.13. The summed E-state index contributed by atoms with van der Waals surface area (Å²) in [5, 5.41) is 16.3. The van der Waals surface area contributed by atoms with E-state index < -0.39 is 11.7 Å². The second kappa shape index (κ2) is 5.13. The third kappa shape index (κ3) is 2.84. The Morgan fingerprint density at radius 3 is 2.52 bits per heavy atom. The average molecular weight is 312 g/mol. The van der Waals surface area contributed by atoms with Crippen molar-refractivity contribution in [3.8, 4) is 5.69 Å². The fourth-order valence-electron chi connectivity index (χ4n) is 1.61. The number of thiazole rings is 1. The van der Waals surface area contributed by atoms with Gasteiger partial charge in [-0.05, 0) is 34.7 Å². The van der Waals surface area contributed by atoms with Gasteiger partial charge in [0.1, 0.15) is 0 Å². The van der Waals surface area contributed by atoms with Gasteiger partial charge in [-0.25, -0.2) is 4.98 Å². The Bertz CT molecular complexity index is 719. The lowest BCUT2D eigenvalue weighted by Gasteiger charge is -2.08. The lowest BCUT2D eigenvalue weighted by molar-refractivity contribution is -0.137. The summed E-state index contributed by atoms with van der Waals surface area (Å²) in [7, 11) is 0. The van der Waals surface area contributed by atoms with Gasteiger partial charge in [0.2, 0.25) is 0 Å². The minimum atomic E-state index is -4.37. The van der Waals surface area contributed by atoms with Crippen LogP contribution in [0.3, 0.4) is 0 Å². The van der Waals surface area contributed by atoms with Crippen LogP contribution < -0.4 is 5.32 Å². The molecule has 0 saturated carbocycles. The van der Waals surface area contributed by atoms with Crippen molar-refractivity contribution in [3.63, 3.8) is 0 Å². The molecule has 10 heteroatoms. The number of tetrazole rings is 1. The van der Waals surface area contributed by atoms with E-state index in [0.717, 1.165) is 12.1 Å². The number of hydrogen-bond donors (Lipinski definition) is 1. The van der Waals surface area contributed by atoms with Crippen molar-refractivity contribution in [3.05, 3.63) is 41.4 Å². The maximum atomic E-state index is 12.5. The summed E-state index contributed by atoms with van der Waals surface area (Å²) >= 11 is 1.35. The zero-order chi connectivity index (χ0) is 14.9. The van der Waals surface area contributed by atoms with Crippen LogP contribution in [0.5, 0.6) is 0 Å². The van der Waals surface area contributed by atoms with Gasteiger partial charge >= 0.3 is 6.18 Å². The van der Waals surface area contributed by atoms with Gasteiger partial charge in [-0.15, -0.1) is 11.3 Å². The Labute approximate surface area is 120 Å². The molecule has 0 bridgehead atoms. The molecule has 0 unspecified atom stereocenters. The van der Waals surface area contributed by atoms with Crippen LogP contribution in [0.1, 0.15) is 5.56 Å². The lowest BCUT2D eigenvalue weighted by Crippen LogP contribution is -2.06. The normalized spacial score (nSPS) is 11.6. The molecule has 3 aromatic rings. The molecule has 0 saturated heterocycles. The van der Waals surface area contributed by atoms with E-state index in [4.69, 9.17) is 0 Å². The third-order valence-electron chi connectivity index (χ3n) is 2.56. The van der Waals surface area contributed by atoms with Crippen LogP contribution in [0.15, 0.2) is 35.8 Å². The van der Waals surface area contributed by atoms with Crippen molar-refractivity contribution < 1.29 is 13.2 Å². The number of aromatic nitrogens is 5. The SMILES string of the molecule is FC(F)(F)c1ccc(-n2nnnc2Nc2nccs2)cc1. The molecule has 2 aromatic heterocycles. The molecule has 0 aliphatic rings. The van der Waals surface area contributed by atoms with E-state index in [2.05, 4.69) is 25.8 Å². The van der Waals surface area contributed by atoms with E-state index in [-0.39, 0.29) is 5.95 Å². The van der Waals surface area contributed by atoms with Gasteiger partial charge in [-0.1, -0.05) is 5.10 Å². The smallest absolute Gasteiger partial charge is 0.299 e. The summed E-state index contributed by atoms with van der Waals surface area (Å²) in [6, 6.07) is 4.55. The predicted octanol–water partition coefficient (Wildman–Crippen LogP) is 2.88. The summed E-state index contributed by atoms with van der Waals surface area (Å²) in [6.07, 6.45) is -2.76.